The Morgan fingerprint density at radius 3 is 2.27 bits per heavy atom. The fourth-order valence-corrected chi connectivity index (χ4v) is 1.78. The minimum atomic E-state index is -0.214. The predicted molar refractivity (Wildman–Crippen MR) is 46.6 cm³/mol. The Balaban J connectivity index is 2.55. The molecule has 1 fully saturated rings. The Hall–Kier alpha value is -0.0400. The molecule has 1 rings (SSSR count). The van der Waals surface area contributed by atoms with E-state index in [1.165, 1.54) is 0 Å². The van der Waals surface area contributed by atoms with E-state index >= 15 is 0 Å². The van der Waals surface area contributed by atoms with Gasteiger partial charge in [0.2, 0.25) is 5.24 Å². The minimum Gasteiger partial charge on any atom is -0.281 e. The summed E-state index contributed by atoms with van der Waals surface area (Å²) in [5, 5.41) is -0.149. The molecule has 0 radical (unpaired) electrons. The lowest BCUT2D eigenvalue weighted by molar-refractivity contribution is -0.121. The van der Waals surface area contributed by atoms with E-state index in [0.717, 1.165) is 31.6 Å². The summed E-state index contributed by atoms with van der Waals surface area (Å²) in [5.41, 5.74) is -0.214. The van der Waals surface area contributed by atoms with Gasteiger partial charge in [0.1, 0.15) is 0 Å². The molecule has 0 atom stereocenters. The molecule has 1 aliphatic rings. The highest BCUT2D eigenvalue weighted by Gasteiger charge is 2.34. The summed E-state index contributed by atoms with van der Waals surface area (Å²) in [6, 6.07) is 0. The van der Waals surface area contributed by atoms with Crippen molar-refractivity contribution in [3.05, 3.63) is 0 Å². The van der Waals surface area contributed by atoms with E-state index in [1.807, 2.05) is 6.92 Å². The van der Waals surface area contributed by atoms with Gasteiger partial charge in [-0.1, -0.05) is 13.8 Å². The third kappa shape index (κ3) is 1.96. The SMILES string of the molecule is CC1CCC(C)(C(=O)Cl)CC1. The first-order valence-electron chi connectivity index (χ1n) is 4.24. The molecule has 0 aliphatic heterocycles. The van der Waals surface area contributed by atoms with E-state index in [0.29, 0.717) is 0 Å². The Labute approximate surface area is 73.1 Å². The second kappa shape index (κ2) is 3.14. The van der Waals surface area contributed by atoms with Gasteiger partial charge in [0, 0.05) is 5.41 Å². The van der Waals surface area contributed by atoms with E-state index in [9.17, 15) is 4.79 Å². The lowest BCUT2D eigenvalue weighted by Gasteiger charge is -2.32. The Bertz CT molecular complexity index is 157. The van der Waals surface area contributed by atoms with Crippen molar-refractivity contribution in [1.82, 2.24) is 0 Å². The van der Waals surface area contributed by atoms with Gasteiger partial charge in [0.25, 0.3) is 0 Å². The van der Waals surface area contributed by atoms with Gasteiger partial charge >= 0.3 is 0 Å². The number of rotatable bonds is 1. The van der Waals surface area contributed by atoms with Crippen LogP contribution in [0.3, 0.4) is 0 Å². The van der Waals surface area contributed by atoms with Crippen LogP contribution in [0.1, 0.15) is 39.5 Å². The summed E-state index contributed by atoms with van der Waals surface area (Å²) in [4.78, 5) is 11.0. The Morgan fingerprint density at radius 1 is 1.45 bits per heavy atom. The van der Waals surface area contributed by atoms with Crippen LogP contribution in [0, 0.1) is 11.3 Å². The zero-order chi connectivity index (χ0) is 8.48. The van der Waals surface area contributed by atoms with Gasteiger partial charge in [0.05, 0.1) is 0 Å². The van der Waals surface area contributed by atoms with E-state index in [1.54, 1.807) is 0 Å². The second-order valence-corrected chi connectivity index (χ2v) is 4.36. The van der Waals surface area contributed by atoms with Gasteiger partial charge in [-0.15, -0.1) is 0 Å². The highest BCUT2D eigenvalue weighted by molar-refractivity contribution is 6.64. The van der Waals surface area contributed by atoms with Gasteiger partial charge in [-0.3, -0.25) is 4.79 Å². The smallest absolute Gasteiger partial charge is 0.227 e. The van der Waals surface area contributed by atoms with Crippen LogP contribution in [0.2, 0.25) is 0 Å². The van der Waals surface area contributed by atoms with Crippen LogP contribution >= 0.6 is 11.6 Å². The Morgan fingerprint density at radius 2 is 1.91 bits per heavy atom. The molecule has 0 amide bonds. The normalized spacial score (nSPS) is 38.6. The molecule has 0 spiro atoms. The first-order valence-corrected chi connectivity index (χ1v) is 4.62. The fourth-order valence-electron chi connectivity index (χ4n) is 1.60. The van der Waals surface area contributed by atoms with Crippen molar-refractivity contribution >= 4 is 16.8 Å². The lowest BCUT2D eigenvalue weighted by atomic mass is 9.73. The molecular weight excluding hydrogens is 160 g/mol. The van der Waals surface area contributed by atoms with Crippen LogP contribution in [0.15, 0.2) is 0 Å². The highest BCUT2D eigenvalue weighted by atomic mass is 35.5. The maximum absolute atomic E-state index is 11.0. The van der Waals surface area contributed by atoms with Crippen LogP contribution < -0.4 is 0 Å². The molecule has 0 N–H and O–H groups in total. The van der Waals surface area contributed by atoms with Gasteiger partial charge in [-0.25, -0.2) is 0 Å². The molecular formula is C9H15ClO. The lowest BCUT2D eigenvalue weighted by Crippen LogP contribution is -2.28. The summed E-state index contributed by atoms with van der Waals surface area (Å²) in [7, 11) is 0. The van der Waals surface area contributed by atoms with Crippen molar-refractivity contribution in [1.29, 1.82) is 0 Å². The van der Waals surface area contributed by atoms with Crippen molar-refractivity contribution in [2.75, 3.05) is 0 Å². The first-order chi connectivity index (χ1) is 5.04. The van der Waals surface area contributed by atoms with Crippen molar-refractivity contribution in [3.8, 4) is 0 Å². The molecule has 1 nitrogen and oxygen atoms in total. The third-order valence-corrected chi connectivity index (χ3v) is 3.31. The van der Waals surface area contributed by atoms with Gasteiger partial charge in [-0.05, 0) is 43.2 Å². The molecule has 0 heterocycles. The maximum atomic E-state index is 11.0. The summed E-state index contributed by atoms with van der Waals surface area (Å²) in [6.07, 6.45) is 4.23. The average molecular weight is 175 g/mol. The molecule has 0 aromatic heterocycles. The molecule has 0 bridgehead atoms. The zero-order valence-corrected chi connectivity index (χ0v) is 7.95. The molecule has 0 aromatic rings. The molecule has 1 saturated carbocycles. The van der Waals surface area contributed by atoms with Gasteiger partial charge < -0.3 is 0 Å². The summed E-state index contributed by atoms with van der Waals surface area (Å²) in [5.74, 6) is 0.777. The number of carbonyl (C=O) groups is 1. The number of hydrogen-bond acceptors (Lipinski definition) is 1. The van der Waals surface area contributed by atoms with Gasteiger partial charge in [0.15, 0.2) is 0 Å². The van der Waals surface area contributed by atoms with Crippen LogP contribution in [0.25, 0.3) is 0 Å². The highest BCUT2D eigenvalue weighted by Crippen LogP contribution is 2.39. The van der Waals surface area contributed by atoms with Gasteiger partial charge in [-0.2, -0.15) is 0 Å². The fraction of sp³-hybridized carbons (Fsp3) is 0.889. The topological polar surface area (TPSA) is 17.1 Å². The average Bonchev–Trinajstić information content (AvgIpc) is 1.95. The third-order valence-electron chi connectivity index (χ3n) is 2.85. The summed E-state index contributed by atoms with van der Waals surface area (Å²) >= 11 is 5.51. The summed E-state index contributed by atoms with van der Waals surface area (Å²) in [6.45, 7) is 4.21. The quantitative estimate of drug-likeness (QED) is 0.559. The van der Waals surface area contributed by atoms with Crippen LogP contribution in [-0.2, 0) is 4.79 Å². The molecule has 11 heavy (non-hydrogen) atoms. The van der Waals surface area contributed by atoms with E-state index in [2.05, 4.69) is 6.92 Å². The summed E-state index contributed by atoms with van der Waals surface area (Å²) < 4.78 is 0. The van der Waals surface area contributed by atoms with Crippen molar-refractivity contribution in [3.63, 3.8) is 0 Å². The number of carbonyl (C=O) groups excluding carboxylic acids is 1. The zero-order valence-electron chi connectivity index (χ0n) is 7.19. The molecule has 2 heteroatoms. The largest absolute Gasteiger partial charge is 0.281 e. The predicted octanol–water partition coefficient (Wildman–Crippen LogP) is 2.97. The van der Waals surface area contributed by atoms with Crippen molar-refractivity contribution in [2.24, 2.45) is 11.3 Å². The standard InChI is InChI=1S/C9H15ClO/c1-7-3-5-9(2,6-4-7)8(10)11/h7H,3-6H2,1-2H3. The van der Waals surface area contributed by atoms with E-state index in [4.69, 9.17) is 11.6 Å². The molecule has 64 valence electrons. The van der Waals surface area contributed by atoms with Crippen molar-refractivity contribution < 1.29 is 4.79 Å². The van der Waals surface area contributed by atoms with Crippen LogP contribution in [0.4, 0.5) is 0 Å². The molecule has 0 saturated heterocycles. The number of hydrogen-bond donors (Lipinski definition) is 0. The molecule has 0 unspecified atom stereocenters. The Kier molecular flexibility index (Phi) is 2.58. The van der Waals surface area contributed by atoms with E-state index in [-0.39, 0.29) is 10.7 Å². The van der Waals surface area contributed by atoms with Crippen molar-refractivity contribution in [2.45, 2.75) is 39.5 Å². The number of halogens is 1. The molecule has 1 aliphatic carbocycles. The first kappa shape index (κ1) is 9.05. The molecule has 0 aromatic carbocycles. The maximum Gasteiger partial charge on any atom is 0.227 e. The second-order valence-electron chi connectivity index (χ2n) is 4.02. The monoisotopic (exact) mass is 174 g/mol. The van der Waals surface area contributed by atoms with Crippen LogP contribution in [-0.4, -0.2) is 5.24 Å². The minimum absolute atomic E-state index is 0.149. The van der Waals surface area contributed by atoms with E-state index < -0.39 is 0 Å². The van der Waals surface area contributed by atoms with Crippen LogP contribution in [0.5, 0.6) is 0 Å².